The number of anilines is 2. The minimum Gasteiger partial charge on any atom is -0.332 e. The summed E-state index contributed by atoms with van der Waals surface area (Å²) in [5, 5.41) is 4.55. The van der Waals surface area contributed by atoms with E-state index in [2.05, 4.69) is 10.3 Å². The van der Waals surface area contributed by atoms with Crippen LogP contribution in [0.2, 0.25) is 5.02 Å². The molecule has 0 saturated heterocycles. The van der Waals surface area contributed by atoms with Crippen molar-refractivity contribution >= 4 is 53.8 Å². The minimum atomic E-state index is -3.17. The molecule has 2 aromatic carbocycles. The second-order valence-corrected chi connectivity index (χ2v) is 8.04. The number of thiazole rings is 1. The van der Waals surface area contributed by atoms with Gasteiger partial charge in [0.25, 0.3) is 0 Å². The van der Waals surface area contributed by atoms with Crippen LogP contribution in [0.5, 0.6) is 0 Å². The summed E-state index contributed by atoms with van der Waals surface area (Å²) in [6.45, 7) is 0. The average molecular weight is 339 g/mol. The number of nitrogens with one attached hydrogen (secondary N) is 1. The Morgan fingerprint density at radius 3 is 2.52 bits per heavy atom. The third kappa shape index (κ3) is 3.18. The van der Waals surface area contributed by atoms with Crippen LogP contribution in [0, 0.1) is 0 Å². The molecule has 0 aliphatic heterocycles. The van der Waals surface area contributed by atoms with Crippen LogP contribution in [-0.2, 0) is 9.84 Å². The number of aromatic nitrogens is 1. The van der Waals surface area contributed by atoms with E-state index in [4.69, 9.17) is 11.6 Å². The highest BCUT2D eigenvalue weighted by molar-refractivity contribution is 7.90. The lowest BCUT2D eigenvalue weighted by atomic mass is 10.3. The standard InChI is InChI=1S/C14H11ClN2O2S2/c1-21(18,19)11-5-3-10(4-6-11)16-14-17-12-8-9(15)2-7-13(12)20-14/h2-8H,1H3,(H,16,17). The van der Waals surface area contributed by atoms with E-state index < -0.39 is 9.84 Å². The van der Waals surface area contributed by atoms with Gasteiger partial charge >= 0.3 is 0 Å². The van der Waals surface area contributed by atoms with Crippen molar-refractivity contribution < 1.29 is 8.42 Å². The van der Waals surface area contributed by atoms with Gasteiger partial charge in [0.05, 0.1) is 15.1 Å². The zero-order chi connectivity index (χ0) is 15.0. The Kier molecular flexibility index (Phi) is 3.61. The maximum atomic E-state index is 11.4. The molecule has 0 bridgehead atoms. The molecule has 3 rings (SSSR count). The van der Waals surface area contributed by atoms with E-state index in [1.807, 2.05) is 18.2 Å². The fourth-order valence-corrected chi connectivity index (χ4v) is 3.53. The van der Waals surface area contributed by atoms with Crippen molar-refractivity contribution in [2.45, 2.75) is 4.90 Å². The number of benzene rings is 2. The van der Waals surface area contributed by atoms with Gasteiger partial charge in [0.1, 0.15) is 0 Å². The van der Waals surface area contributed by atoms with Gasteiger partial charge in [-0.3, -0.25) is 0 Å². The summed E-state index contributed by atoms with van der Waals surface area (Å²) in [5.74, 6) is 0. The van der Waals surface area contributed by atoms with E-state index in [1.54, 1.807) is 24.3 Å². The number of halogens is 1. The summed E-state index contributed by atoms with van der Waals surface area (Å²) < 4.78 is 23.9. The van der Waals surface area contributed by atoms with Gasteiger partial charge < -0.3 is 5.32 Å². The predicted octanol–water partition coefficient (Wildman–Crippen LogP) is 4.10. The molecule has 0 atom stereocenters. The number of fused-ring (bicyclic) bond motifs is 1. The van der Waals surface area contributed by atoms with Gasteiger partial charge in [-0.15, -0.1) is 0 Å². The minimum absolute atomic E-state index is 0.295. The summed E-state index contributed by atoms with van der Waals surface area (Å²) in [6.07, 6.45) is 1.19. The normalized spacial score (nSPS) is 11.7. The van der Waals surface area contributed by atoms with E-state index in [9.17, 15) is 8.42 Å². The Balaban J connectivity index is 1.88. The molecule has 0 amide bonds. The second kappa shape index (κ2) is 5.29. The molecule has 1 aromatic heterocycles. The van der Waals surface area contributed by atoms with E-state index in [0.717, 1.165) is 21.0 Å². The lowest BCUT2D eigenvalue weighted by Crippen LogP contribution is -1.97. The topological polar surface area (TPSA) is 59.1 Å². The average Bonchev–Trinajstić information content (AvgIpc) is 2.79. The number of nitrogens with zero attached hydrogens (tertiary/aromatic N) is 1. The van der Waals surface area contributed by atoms with E-state index in [-0.39, 0.29) is 0 Å². The van der Waals surface area contributed by atoms with E-state index >= 15 is 0 Å². The van der Waals surface area contributed by atoms with E-state index in [0.29, 0.717) is 9.92 Å². The van der Waals surface area contributed by atoms with Gasteiger partial charge in [-0.2, -0.15) is 0 Å². The summed E-state index contributed by atoms with van der Waals surface area (Å²) in [4.78, 5) is 4.74. The lowest BCUT2D eigenvalue weighted by molar-refractivity contribution is 0.602. The number of hydrogen-bond donors (Lipinski definition) is 1. The van der Waals surface area contributed by atoms with Crippen molar-refractivity contribution in [3.8, 4) is 0 Å². The van der Waals surface area contributed by atoms with Gasteiger partial charge in [-0.25, -0.2) is 13.4 Å². The van der Waals surface area contributed by atoms with Crippen molar-refractivity contribution in [1.29, 1.82) is 0 Å². The van der Waals surface area contributed by atoms with Gasteiger partial charge in [0.15, 0.2) is 15.0 Å². The third-order valence-corrected chi connectivity index (χ3v) is 5.20. The Morgan fingerprint density at radius 1 is 1.14 bits per heavy atom. The largest absolute Gasteiger partial charge is 0.332 e. The van der Waals surface area contributed by atoms with Crippen LogP contribution in [0.4, 0.5) is 10.8 Å². The number of sulfone groups is 1. The van der Waals surface area contributed by atoms with Crippen molar-refractivity contribution in [2.24, 2.45) is 0 Å². The van der Waals surface area contributed by atoms with Crippen LogP contribution in [0.3, 0.4) is 0 Å². The highest BCUT2D eigenvalue weighted by atomic mass is 35.5. The molecule has 0 radical (unpaired) electrons. The Bertz CT molecular complexity index is 902. The maximum absolute atomic E-state index is 11.4. The Hall–Kier alpha value is -1.63. The van der Waals surface area contributed by atoms with Crippen molar-refractivity contribution in [3.05, 3.63) is 47.5 Å². The zero-order valence-electron chi connectivity index (χ0n) is 11.0. The molecule has 1 heterocycles. The first-order chi connectivity index (χ1) is 9.91. The van der Waals surface area contributed by atoms with Crippen molar-refractivity contribution in [1.82, 2.24) is 4.98 Å². The number of rotatable bonds is 3. The van der Waals surface area contributed by atoms with Crippen molar-refractivity contribution in [2.75, 3.05) is 11.6 Å². The quantitative estimate of drug-likeness (QED) is 0.781. The molecule has 0 aliphatic rings. The predicted molar refractivity (Wildman–Crippen MR) is 87.5 cm³/mol. The highest BCUT2D eigenvalue weighted by Crippen LogP contribution is 2.30. The van der Waals surface area contributed by atoms with Crippen LogP contribution in [-0.4, -0.2) is 19.7 Å². The Morgan fingerprint density at radius 2 is 1.86 bits per heavy atom. The molecule has 21 heavy (non-hydrogen) atoms. The monoisotopic (exact) mass is 338 g/mol. The molecule has 0 saturated carbocycles. The summed E-state index contributed by atoms with van der Waals surface area (Å²) in [5.41, 5.74) is 1.62. The smallest absolute Gasteiger partial charge is 0.188 e. The molecule has 0 aliphatic carbocycles. The van der Waals surface area contributed by atoms with Crippen LogP contribution >= 0.6 is 22.9 Å². The fraction of sp³-hybridized carbons (Fsp3) is 0.0714. The molecule has 0 spiro atoms. The highest BCUT2D eigenvalue weighted by Gasteiger charge is 2.08. The first-order valence-corrected chi connectivity index (χ1v) is 9.14. The molecule has 0 unspecified atom stereocenters. The van der Waals surface area contributed by atoms with Crippen LogP contribution < -0.4 is 5.32 Å². The van der Waals surface area contributed by atoms with Gasteiger partial charge in [-0.05, 0) is 42.5 Å². The lowest BCUT2D eigenvalue weighted by Gasteiger charge is -2.03. The summed E-state index contributed by atoms with van der Waals surface area (Å²) in [6, 6.07) is 12.1. The second-order valence-electron chi connectivity index (χ2n) is 4.55. The Labute approximate surface area is 131 Å². The van der Waals surface area contributed by atoms with E-state index in [1.165, 1.54) is 17.6 Å². The molecular formula is C14H11ClN2O2S2. The van der Waals surface area contributed by atoms with Gasteiger partial charge in [0.2, 0.25) is 0 Å². The van der Waals surface area contributed by atoms with Crippen LogP contribution in [0.1, 0.15) is 0 Å². The molecule has 7 heteroatoms. The fourth-order valence-electron chi connectivity index (χ4n) is 1.86. The molecular weight excluding hydrogens is 328 g/mol. The van der Waals surface area contributed by atoms with Crippen molar-refractivity contribution in [3.63, 3.8) is 0 Å². The maximum Gasteiger partial charge on any atom is 0.188 e. The molecule has 108 valence electrons. The first kappa shape index (κ1) is 14.3. The molecule has 1 N–H and O–H groups in total. The number of hydrogen-bond acceptors (Lipinski definition) is 5. The summed E-state index contributed by atoms with van der Waals surface area (Å²) >= 11 is 7.45. The van der Waals surface area contributed by atoms with Gasteiger partial charge in [0, 0.05) is 17.0 Å². The zero-order valence-corrected chi connectivity index (χ0v) is 13.4. The van der Waals surface area contributed by atoms with Crippen LogP contribution in [0.25, 0.3) is 10.2 Å². The molecule has 0 fully saturated rings. The van der Waals surface area contributed by atoms with Gasteiger partial charge in [-0.1, -0.05) is 22.9 Å². The van der Waals surface area contributed by atoms with Crippen LogP contribution in [0.15, 0.2) is 47.4 Å². The summed E-state index contributed by atoms with van der Waals surface area (Å²) in [7, 11) is -3.17. The SMILES string of the molecule is CS(=O)(=O)c1ccc(Nc2nc3cc(Cl)ccc3s2)cc1. The molecule has 4 nitrogen and oxygen atoms in total. The molecule has 3 aromatic rings. The third-order valence-electron chi connectivity index (χ3n) is 2.88. The first-order valence-electron chi connectivity index (χ1n) is 6.05.